The molecule has 0 bridgehead atoms. The molecule has 0 unspecified atom stereocenters. The predicted molar refractivity (Wildman–Crippen MR) is 79.0 cm³/mol. The van der Waals surface area contributed by atoms with Crippen LogP contribution in [0.25, 0.3) is 0 Å². The zero-order valence-corrected chi connectivity index (χ0v) is 11.5. The third-order valence-electron chi connectivity index (χ3n) is 3.52. The second kappa shape index (κ2) is 4.89. The molecule has 0 amide bonds. The second-order valence-electron chi connectivity index (χ2n) is 4.66. The van der Waals surface area contributed by atoms with E-state index in [1.165, 1.54) is 5.56 Å². The van der Waals surface area contributed by atoms with Gasteiger partial charge in [-0.1, -0.05) is 24.3 Å². The fraction of sp³-hybridized carbons (Fsp3) is 0.188. The molecule has 0 saturated heterocycles. The first kappa shape index (κ1) is 12.5. The Balaban J connectivity index is 2.01. The van der Waals surface area contributed by atoms with Crippen LogP contribution in [0.1, 0.15) is 11.1 Å². The molecule has 0 saturated carbocycles. The molecular weight excluding hydrogens is 252 g/mol. The van der Waals surface area contributed by atoms with Crippen molar-refractivity contribution >= 4 is 11.5 Å². The molecule has 0 aromatic heterocycles. The van der Waals surface area contributed by atoms with Gasteiger partial charge in [0.25, 0.3) is 0 Å². The van der Waals surface area contributed by atoms with Crippen molar-refractivity contribution in [3.05, 3.63) is 53.6 Å². The van der Waals surface area contributed by atoms with E-state index in [4.69, 9.17) is 14.9 Å². The van der Waals surface area contributed by atoms with Crippen LogP contribution in [0, 0.1) is 5.41 Å². The maximum atomic E-state index is 8.32. The number of ether oxygens (including phenoxy) is 2. The van der Waals surface area contributed by atoms with Crippen LogP contribution in [0.5, 0.6) is 11.5 Å². The summed E-state index contributed by atoms with van der Waals surface area (Å²) < 4.78 is 10.6. The number of benzene rings is 2. The third kappa shape index (κ3) is 1.99. The Morgan fingerprint density at radius 3 is 2.25 bits per heavy atom. The van der Waals surface area contributed by atoms with Crippen molar-refractivity contribution in [1.82, 2.24) is 0 Å². The Hall–Kier alpha value is -2.49. The molecule has 0 atom stereocenters. The summed E-state index contributed by atoms with van der Waals surface area (Å²) in [4.78, 5) is 1.95. The van der Waals surface area contributed by atoms with Crippen molar-refractivity contribution in [2.45, 2.75) is 6.54 Å². The summed E-state index contributed by atoms with van der Waals surface area (Å²) >= 11 is 0. The summed E-state index contributed by atoms with van der Waals surface area (Å²) in [5, 5.41) is 8.32. The van der Waals surface area contributed by atoms with Gasteiger partial charge in [-0.25, -0.2) is 0 Å². The minimum absolute atomic E-state index is 0.510. The number of anilines is 1. The quantitative estimate of drug-likeness (QED) is 0.930. The molecular formula is C16H16N2O2. The zero-order valence-electron chi connectivity index (χ0n) is 11.5. The van der Waals surface area contributed by atoms with Crippen LogP contribution >= 0.6 is 0 Å². The minimum atomic E-state index is 0.510. The van der Waals surface area contributed by atoms with E-state index in [0.717, 1.165) is 22.7 Å². The highest BCUT2D eigenvalue weighted by Gasteiger charge is 2.25. The van der Waals surface area contributed by atoms with Gasteiger partial charge in [0, 0.05) is 23.8 Å². The minimum Gasteiger partial charge on any atom is -0.497 e. The van der Waals surface area contributed by atoms with E-state index in [1.54, 1.807) is 14.2 Å². The lowest BCUT2D eigenvalue weighted by molar-refractivity contribution is 0.394. The number of nitrogens with zero attached hydrogens (tertiary/aromatic N) is 1. The van der Waals surface area contributed by atoms with Gasteiger partial charge < -0.3 is 14.4 Å². The van der Waals surface area contributed by atoms with Crippen LogP contribution in [0.15, 0.2) is 42.5 Å². The number of hydrogen-bond donors (Lipinski definition) is 1. The topological polar surface area (TPSA) is 45.6 Å². The molecule has 0 radical (unpaired) electrons. The van der Waals surface area contributed by atoms with Crippen molar-refractivity contribution in [3.8, 4) is 11.5 Å². The lowest BCUT2D eigenvalue weighted by atomic mass is 10.1. The summed E-state index contributed by atoms with van der Waals surface area (Å²) in [6.45, 7) is 0.700. The molecule has 1 N–H and O–H groups in total. The van der Waals surface area contributed by atoms with Gasteiger partial charge >= 0.3 is 0 Å². The van der Waals surface area contributed by atoms with E-state index in [2.05, 4.69) is 6.07 Å². The lowest BCUT2D eigenvalue weighted by Gasteiger charge is -2.19. The van der Waals surface area contributed by atoms with Crippen molar-refractivity contribution in [1.29, 1.82) is 5.41 Å². The Labute approximate surface area is 118 Å². The molecule has 3 rings (SSSR count). The van der Waals surface area contributed by atoms with Gasteiger partial charge in [-0.2, -0.15) is 0 Å². The number of amidine groups is 1. The molecule has 1 aliphatic heterocycles. The van der Waals surface area contributed by atoms with E-state index in [0.29, 0.717) is 12.4 Å². The summed E-state index contributed by atoms with van der Waals surface area (Å²) in [6.07, 6.45) is 0. The molecule has 4 nitrogen and oxygen atoms in total. The van der Waals surface area contributed by atoms with E-state index in [9.17, 15) is 0 Å². The van der Waals surface area contributed by atoms with Crippen LogP contribution in [0.3, 0.4) is 0 Å². The normalized spacial score (nSPS) is 13.3. The zero-order chi connectivity index (χ0) is 14.1. The highest BCUT2D eigenvalue weighted by molar-refractivity contribution is 6.11. The maximum Gasteiger partial charge on any atom is 0.133 e. The van der Waals surface area contributed by atoms with Gasteiger partial charge in [0.05, 0.1) is 26.5 Å². The number of methoxy groups -OCH3 is 2. The molecule has 20 heavy (non-hydrogen) atoms. The Morgan fingerprint density at radius 1 is 1.00 bits per heavy atom. The second-order valence-corrected chi connectivity index (χ2v) is 4.66. The Kier molecular flexibility index (Phi) is 3.06. The summed E-state index contributed by atoms with van der Waals surface area (Å²) in [5.41, 5.74) is 3.05. The van der Waals surface area contributed by atoms with Gasteiger partial charge in [0.2, 0.25) is 0 Å². The molecule has 0 spiro atoms. The van der Waals surface area contributed by atoms with Crippen molar-refractivity contribution in [2.24, 2.45) is 0 Å². The molecule has 4 heteroatoms. The number of rotatable bonds is 3. The summed E-state index contributed by atoms with van der Waals surface area (Å²) in [7, 11) is 3.26. The fourth-order valence-corrected chi connectivity index (χ4v) is 2.45. The van der Waals surface area contributed by atoms with Crippen LogP contribution < -0.4 is 14.4 Å². The van der Waals surface area contributed by atoms with Crippen LogP contribution in [0.4, 0.5) is 5.69 Å². The van der Waals surface area contributed by atoms with Crippen LogP contribution in [-0.4, -0.2) is 20.1 Å². The van der Waals surface area contributed by atoms with E-state index < -0.39 is 0 Å². The predicted octanol–water partition coefficient (Wildman–Crippen LogP) is 3.05. The molecule has 1 aliphatic rings. The van der Waals surface area contributed by atoms with E-state index in [1.807, 2.05) is 41.3 Å². The summed E-state index contributed by atoms with van der Waals surface area (Å²) in [5.74, 6) is 1.96. The monoisotopic (exact) mass is 268 g/mol. The van der Waals surface area contributed by atoms with Crippen molar-refractivity contribution in [2.75, 3.05) is 19.1 Å². The lowest BCUT2D eigenvalue weighted by Crippen LogP contribution is -2.23. The van der Waals surface area contributed by atoms with Crippen LogP contribution in [-0.2, 0) is 6.54 Å². The molecule has 0 fully saturated rings. The van der Waals surface area contributed by atoms with Gasteiger partial charge in [-0.05, 0) is 5.56 Å². The first-order valence-corrected chi connectivity index (χ1v) is 6.40. The molecule has 2 aromatic rings. The Morgan fingerprint density at radius 2 is 1.65 bits per heavy atom. The van der Waals surface area contributed by atoms with Crippen molar-refractivity contribution in [3.63, 3.8) is 0 Å². The number of hydrogen-bond acceptors (Lipinski definition) is 3. The third-order valence-corrected chi connectivity index (χ3v) is 3.52. The van der Waals surface area contributed by atoms with E-state index in [-0.39, 0.29) is 0 Å². The summed E-state index contributed by atoms with van der Waals surface area (Å²) in [6, 6.07) is 13.7. The Bertz CT molecular complexity index is 645. The first-order valence-electron chi connectivity index (χ1n) is 6.40. The van der Waals surface area contributed by atoms with Gasteiger partial charge in [-0.15, -0.1) is 0 Å². The molecule has 0 aliphatic carbocycles. The molecule has 2 aromatic carbocycles. The highest BCUT2D eigenvalue weighted by atomic mass is 16.5. The number of fused-ring (bicyclic) bond motifs is 1. The maximum absolute atomic E-state index is 8.32. The standard InChI is InChI=1S/C16H16N2O2/c1-19-13-7-12(8-14(9-13)20-2)18-10-11-5-3-4-6-15(11)16(18)17/h3-9,17H,10H2,1-2H3. The molecule has 102 valence electrons. The van der Waals surface area contributed by atoms with Gasteiger partial charge in [0.15, 0.2) is 0 Å². The number of nitrogens with one attached hydrogen (secondary N) is 1. The fourth-order valence-electron chi connectivity index (χ4n) is 2.45. The average Bonchev–Trinajstić information content (AvgIpc) is 2.84. The van der Waals surface area contributed by atoms with Gasteiger partial charge in [0.1, 0.15) is 17.3 Å². The first-order chi connectivity index (χ1) is 9.72. The van der Waals surface area contributed by atoms with Crippen molar-refractivity contribution < 1.29 is 9.47 Å². The highest BCUT2D eigenvalue weighted by Crippen LogP contribution is 2.33. The van der Waals surface area contributed by atoms with E-state index >= 15 is 0 Å². The SMILES string of the molecule is COc1cc(OC)cc(N2Cc3ccccc3C2=N)c1. The van der Waals surface area contributed by atoms with Crippen LogP contribution in [0.2, 0.25) is 0 Å². The molecule has 1 heterocycles. The van der Waals surface area contributed by atoms with Gasteiger partial charge in [-0.3, -0.25) is 5.41 Å². The smallest absolute Gasteiger partial charge is 0.133 e. The largest absolute Gasteiger partial charge is 0.497 e. The average molecular weight is 268 g/mol.